The second kappa shape index (κ2) is 6.96. The van der Waals surface area contributed by atoms with Gasteiger partial charge in [0.2, 0.25) is 5.91 Å². The smallest absolute Gasteiger partial charge is 0.229 e. The molecule has 1 fully saturated rings. The topological polar surface area (TPSA) is 38.3 Å². The van der Waals surface area contributed by atoms with Crippen LogP contribution in [0.25, 0.3) is 0 Å². The van der Waals surface area contributed by atoms with Crippen LogP contribution in [-0.4, -0.2) is 22.9 Å². The minimum atomic E-state index is -1.01. The molecule has 1 N–H and O–H groups in total. The normalized spacial score (nSPS) is 26.6. The minimum absolute atomic E-state index is 0.0881. The average Bonchev–Trinajstić information content (AvgIpc) is 2.94. The van der Waals surface area contributed by atoms with Crippen LogP contribution in [-0.2, 0) is 16.1 Å². The molecule has 6 heteroatoms. The van der Waals surface area contributed by atoms with E-state index in [1.54, 1.807) is 18.2 Å². The second-order valence-corrected chi connectivity index (χ2v) is 7.54. The fraction of sp³-hybridized carbons (Fsp3) is 0.588. The van der Waals surface area contributed by atoms with Gasteiger partial charge in [-0.05, 0) is 19.4 Å². The first-order chi connectivity index (χ1) is 10.8. The highest BCUT2D eigenvalue weighted by Gasteiger charge is 2.76. The first kappa shape index (κ1) is 18.5. The van der Waals surface area contributed by atoms with E-state index in [9.17, 15) is 9.18 Å². The summed E-state index contributed by atoms with van der Waals surface area (Å²) in [6, 6.07) is 6.24. The Hall–Kier alpha value is -0.840. The molecule has 0 unspecified atom stereocenters. The van der Waals surface area contributed by atoms with E-state index in [2.05, 4.69) is 5.32 Å². The lowest BCUT2D eigenvalue weighted by Crippen LogP contribution is -2.42. The highest BCUT2D eigenvalue weighted by Crippen LogP contribution is 2.70. The van der Waals surface area contributed by atoms with Gasteiger partial charge >= 0.3 is 0 Å². The summed E-state index contributed by atoms with van der Waals surface area (Å²) in [5, 5.41) is 2.89. The van der Waals surface area contributed by atoms with E-state index < -0.39 is 9.75 Å². The lowest BCUT2D eigenvalue weighted by molar-refractivity contribution is -0.128. The van der Waals surface area contributed by atoms with Crippen molar-refractivity contribution in [2.24, 2.45) is 11.3 Å². The largest absolute Gasteiger partial charge is 0.375 e. The Kier molecular flexibility index (Phi) is 5.59. The summed E-state index contributed by atoms with van der Waals surface area (Å²) in [6.07, 6.45) is 0.579. The van der Waals surface area contributed by atoms with Gasteiger partial charge in [0, 0.05) is 17.5 Å². The third kappa shape index (κ3) is 3.35. The Morgan fingerprint density at radius 1 is 1.43 bits per heavy atom. The van der Waals surface area contributed by atoms with Crippen LogP contribution in [0, 0.1) is 17.2 Å². The number of benzene rings is 1. The van der Waals surface area contributed by atoms with Gasteiger partial charge in [-0.25, -0.2) is 4.39 Å². The number of alkyl halides is 2. The van der Waals surface area contributed by atoms with Crippen molar-refractivity contribution >= 4 is 29.1 Å². The van der Waals surface area contributed by atoms with Crippen LogP contribution in [0.4, 0.5) is 4.39 Å². The van der Waals surface area contributed by atoms with Crippen LogP contribution in [0.2, 0.25) is 0 Å². The summed E-state index contributed by atoms with van der Waals surface area (Å²) in [7, 11) is 0. The molecular formula is C17H22Cl2FNO2. The Morgan fingerprint density at radius 3 is 2.57 bits per heavy atom. The molecule has 1 aromatic rings. The molecule has 0 bridgehead atoms. The monoisotopic (exact) mass is 361 g/mol. The molecule has 0 spiro atoms. The fourth-order valence-electron chi connectivity index (χ4n) is 3.05. The van der Waals surface area contributed by atoms with Crippen LogP contribution in [0.5, 0.6) is 0 Å². The third-order valence-electron chi connectivity index (χ3n) is 4.72. The van der Waals surface area contributed by atoms with Gasteiger partial charge in [-0.2, -0.15) is 0 Å². The molecule has 0 aromatic heterocycles. The summed E-state index contributed by atoms with van der Waals surface area (Å²) in [5.74, 6) is -0.538. The number of hydrogen-bond donors (Lipinski definition) is 1. The van der Waals surface area contributed by atoms with Gasteiger partial charge in [-0.1, -0.05) is 32.0 Å². The number of nitrogens with one attached hydrogen (secondary N) is 1. The molecule has 0 heterocycles. The van der Waals surface area contributed by atoms with Crippen molar-refractivity contribution in [3.05, 3.63) is 35.6 Å². The van der Waals surface area contributed by atoms with Crippen LogP contribution in [0.1, 0.15) is 32.8 Å². The maximum Gasteiger partial charge on any atom is 0.229 e. The lowest BCUT2D eigenvalue weighted by Gasteiger charge is -2.20. The summed E-state index contributed by atoms with van der Waals surface area (Å²) < 4.78 is 18.0. The van der Waals surface area contributed by atoms with Crippen molar-refractivity contribution in [2.45, 2.75) is 44.2 Å². The summed E-state index contributed by atoms with van der Waals surface area (Å²) in [4.78, 5) is 12.5. The van der Waals surface area contributed by atoms with Gasteiger partial charge in [-0.15, -0.1) is 23.2 Å². The third-order valence-corrected chi connectivity index (χ3v) is 6.05. The molecular weight excluding hydrogens is 340 g/mol. The molecule has 2 rings (SSSR count). The predicted molar refractivity (Wildman–Crippen MR) is 90.0 cm³/mol. The van der Waals surface area contributed by atoms with Crippen LogP contribution in [0.15, 0.2) is 24.3 Å². The van der Waals surface area contributed by atoms with Gasteiger partial charge < -0.3 is 10.1 Å². The molecule has 128 valence electrons. The van der Waals surface area contributed by atoms with Crippen molar-refractivity contribution in [3.63, 3.8) is 0 Å². The van der Waals surface area contributed by atoms with Crippen LogP contribution in [0.3, 0.4) is 0 Å². The van der Waals surface area contributed by atoms with Crippen LogP contribution >= 0.6 is 23.2 Å². The number of hydrogen-bond acceptors (Lipinski definition) is 2. The number of carbonyl (C=O) groups excluding carboxylic acids is 1. The van der Waals surface area contributed by atoms with Crippen LogP contribution < -0.4 is 5.32 Å². The standard InChI is InChI=1S/C17H22Cl2FNO2/c1-4-16(12(3)17(16,18)19)15(22)21-11(2)9-23-10-13-7-5-6-8-14(13)20/h5-8,11-12H,4,9-10H2,1-3H3,(H,21,22)/t11-,12-,16-/m1/s1. The zero-order valence-corrected chi connectivity index (χ0v) is 15.0. The van der Waals surface area contributed by atoms with Gasteiger partial charge in [0.05, 0.1) is 18.6 Å². The molecule has 23 heavy (non-hydrogen) atoms. The van der Waals surface area contributed by atoms with Crippen molar-refractivity contribution in [2.75, 3.05) is 6.61 Å². The first-order valence-electron chi connectivity index (χ1n) is 7.77. The predicted octanol–water partition coefficient (Wildman–Crippen LogP) is 4.07. The van der Waals surface area contributed by atoms with E-state index in [4.69, 9.17) is 27.9 Å². The van der Waals surface area contributed by atoms with E-state index in [1.807, 2.05) is 20.8 Å². The van der Waals surface area contributed by atoms with E-state index in [-0.39, 0.29) is 36.9 Å². The molecule has 3 atom stereocenters. The maximum absolute atomic E-state index is 13.5. The van der Waals surface area contributed by atoms with Gasteiger partial charge in [0.15, 0.2) is 0 Å². The molecule has 1 saturated carbocycles. The maximum atomic E-state index is 13.5. The van der Waals surface area contributed by atoms with Crippen molar-refractivity contribution in [3.8, 4) is 0 Å². The summed E-state index contributed by atoms with van der Waals surface area (Å²) >= 11 is 12.5. The highest BCUT2D eigenvalue weighted by atomic mass is 35.5. The Balaban J connectivity index is 1.82. The zero-order valence-electron chi connectivity index (χ0n) is 13.5. The van der Waals surface area contributed by atoms with Gasteiger partial charge in [-0.3, -0.25) is 4.79 Å². The van der Waals surface area contributed by atoms with E-state index >= 15 is 0 Å². The SMILES string of the molecule is CC[C@]1(C(=O)N[C@H](C)COCc2ccccc2F)[C@@H](C)C1(Cl)Cl. The Labute approximate surface area is 146 Å². The number of ether oxygens (including phenoxy) is 1. The quantitative estimate of drug-likeness (QED) is 0.743. The first-order valence-corrected chi connectivity index (χ1v) is 8.52. The Morgan fingerprint density at radius 2 is 2.04 bits per heavy atom. The van der Waals surface area contributed by atoms with Gasteiger partial charge in [0.25, 0.3) is 0 Å². The number of carbonyl (C=O) groups is 1. The number of halogens is 3. The van der Waals surface area contributed by atoms with Crippen molar-refractivity contribution < 1.29 is 13.9 Å². The van der Waals surface area contributed by atoms with E-state index in [0.717, 1.165) is 0 Å². The molecule has 1 amide bonds. The van der Waals surface area contributed by atoms with E-state index in [0.29, 0.717) is 12.0 Å². The molecule has 0 aliphatic heterocycles. The Bertz CT molecular complexity index is 581. The highest BCUT2D eigenvalue weighted by molar-refractivity contribution is 6.53. The van der Waals surface area contributed by atoms with Crippen molar-refractivity contribution in [1.82, 2.24) is 5.32 Å². The fourth-order valence-corrected chi connectivity index (χ4v) is 4.08. The molecule has 1 aliphatic rings. The van der Waals surface area contributed by atoms with Crippen molar-refractivity contribution in [1.29, 1.82) is 0 Å². The molecule has 1 aliphatic carbocycles. The second-order valence-electron chi connectivity index (χ2n) is 6.15. The average molecular weight is 362 g/mol. The molecule has 1 aromatic carbocycles. The summed E-state index contributed by atoms with van der Waals surface area (Å²) in [5.41, 5.74) is -0.247. The molecule has 0 saturated heterocycles. The zero-order chi connectivity index (χ0) is 17.3. The lowest BCUT2D eigenvalue weighted by atomic mass is 9.99. The van der Waals surface area contributed by atoms with E-state index in [1.165, 1.54) is 6.07 Å². The van der Waals surface area contributed by atoms with Gasteiger partial charge in [0.1, 0.15) is 10.2 Å². The molecule has 3 nitrogen and oxygen atoms in total. The minimum Gasteiger partial charge on any atom is -0.375 e. The summed E-state index contributed by atoms with van der Waals surface area (Å²) in [6.45, 7) is 6.06. The number of amides is 1. The number of rotatable bonds is 7. The molecule has 0 radical (unpaired) electrons.